The van der Waals surface area contributed by atoms with Crippen molar-refractivity contribution in [1.29, 1.82) is 0 Å². The van der Waals surface area contributed by atoms with Gasteiger partial charge in [0, 0.05) is 17.0 Å². The predicted molar refractivity (Wildman–Crippen MR) is 101 cm³/mol. The molecule has 1 aromatic rings. The minimum atomic E-state index is -1.25. The molecule has 0 bridgehead atoms. The van der Waals surface area contributed by atoms with Crippen molar-refractivity contribution >= 4 is 12.1 Å². The molecule has 1 aromatic carbocycles. The first-order chi connectivity index (χ1) is 13.3. The third-order valence-electron chi connectivity index (χ3n) is 5.82. The zero-order chi connectivity index (χ0) is 20.4. The third-order valence-corrected chi connectivity index (χ3v) is 5.82. The molecule has 1 aliphatic carbocycles. The molecule has 1 heterocycles. The summed E-state index contributed by atoms with van der Waals surface area (Å²) in [5, 5.41) is 19.7. The van der Waals surface area contributed by atoms with E-state index in [1.54, 1.807) is 0 Å². The highest BCUT2D eigenvalue weighted by atomic mass is 16.7. The molecule has 0 spiro atoms. The lowest BCUT2D eigenvalue weighted by Crippen LogP contribution is -2.30. The number of allylic oxidation sites excluding steroid dienone is 1. The smallest absolute Gasteiger partial charge is 0.506 e. The van der Waals surface area contributed by atoms with Crippen LogP contribution in [0.5, 0.6) is 11.5 Å². The first kappa shape index (κ1) is 20.0. The SMILES string of the molecule is COc1c(C)c2c(c(O)c1C/C=C(\C)C1CCCCC1OC(=O)O)C(=O)OC2. The lowest BCUT2D eigenvalue weighted by atomic mass is 9.81. The molecule has 152 valence electrons. The molecule has 2 atom stereocenters. The Morgan fingerprint density at radius 2 is 2.04 bits per heavy atom. The summed E-state index contributed by atoms with van der Waals surface area (Å²) in [6, 6.07) is 0. The fourth-order valence-electron chi connectivity index (χ4n) is 4.33. The predicted octanol–water partition coefficient (Wildman–Crippen LogP) is 4.12. The van der Waals surface area contributed by atoms with E-state index in [0.717, 1.165) is 30.4 Å². The molecular weight excluding hydrogens is 364 g/mol. The average Bonchev–Trinajstić information content (AvgIpc) is 3.05. The van der Waals surface area contributed by atoms with Gasteiger partial charge in [-0.1, -0.05) is 18.1 Å². The van der Waals surface area contributed by atoms with E-state index in [1.807, 2.05) is 19.9 Å². The van der Waals surface area contributed by atoms with Crippen LogP contribution < -0.4 is 4.74 Å². The van der Waals surface area contributed by atoms with E-state index in [9.17, 15) is 14.7 Å². The van der Waals surface area contributed by atoms with E-state index in [4.69, 9.17) is 19.3 Å². The molecule has 1 aliphatic heterocycles. The highest BCUT2D eigenvalue weighted by molar-refractivity contribution is 5.98. The lowest BCUT2D eigenvalue weighted by molar-refractivity contribution is 0.0155. The van der Waals surface area contributed by atoms with Crippen molar-refractivity contribution in [3.63, 3.8) is 0 Å². The number of fused-ring (bicyclic) bond motifs is 1. The maximum atomic E-state index is 12.0. The molecule has 2 aliphatic rings. The van der Waals surface area contributed by atoms with Crippen molar-refractivity contribution in [2.45, 2.75) is 58.7 Å². The van der Waals surface area contributed by atoms with Gasteiger partial charge in [-0.3, -0.25) is 0 Å². The van der Waals surface area contributed by atoms with Crippen LogP contribution in [0.25, 0.3) is 0 Å². The number of ether oxygens (including phenoxy) is 3. The number of aromatic hydroxyl groups is 1. The van der Waals surface area contributed by atoms with Gasteiger partial charge in [0.1, 0.15) is 29.8 Å². The van der Waals surface area contributed by atoms with Gasteiger partial charge in [-0.05, 0) is 45.1 Å². The molecule has 0 aromatic heterocycles. The highest BCUT2D eigenvalue weighted by Crippen LogP contribution is 2.42. The molecule has 7 nitrogen and oxygen atoms in total. The van der Waals surface area contributed by atoms with Crippen LogP contribution in [0, 0.1) is 12.8 Å². The molecule has 28 heavy (non-hydrogen) atoms. The largest absolute Gasteiger partial charge is 0.507 e. The van der Waals surface area contributed by atoms with Crippen molar-refractivity contribution in [3.8, 4) is 11.5 Å². The fraction of sp³-hybridized carbons (Fsp3) is 0.524. The summed E-state index contributed by atoms with van der Waals surface area (Å²) in [5.74, 6) is -0.0764. The number of carboxylic acid groups (broad SMARTS) is 1. The molecule has 7 heteroatoms. The van der Waals surface area contributed by atoms with Crippen LogP contribution in [0.1, 0.15) is 59.7 Å². The quantitative estimate of drug-likeness (QED) is 0.576. The number of methoxy groups -OCH3 is 1. The second-order valence-corrected chi connectivity index (χ2v) is 7.38. The number of carbonyl (C=O) groups excluding carboxylic acids is 1. The number of cyclic esters (lactones) is 1. The monoisotopic (exact) mass is 390 g/mol. The Morgan fingerprint density at radius 1 is 1.32 bits per heavy atom. The molecule has 2 N–H and O–H groups in total. The van der Waals surface area contributed by atoms with E-state index in [1.165, 1.54) is 7.11 Å². The second kappa shape index (κ2) is 8.12. The van der Waals surface area contributed by atoms with Gasteiger partial charge in [-0.2, -0.15) is 0 Å². The molecule has 0 amide bonds. The number of benzene rings is 1. The third kappa shape index (κ3) is 3.66. The van der Waals surface area contributed by atoms with Crippen molar-refractivity contribution in [2.24, 2.45) is 5.92 Å². The summed E-state index contributed by atoms with van der Waals surface area (Å²) in [6.07, 6.45) is 4.25. The second-order valence-electron chi connectivity index (χ2n) is 7.38. The van der Waals surface area contributed by atoms with E-state index in [0.29, 0.717) is 29.7 Å². The molecule has 0 saturated heterocycles. The first-order valence-corrected chi connectivity index (χ1v) is 9.49. The number of rotatable bonds is 5. The minimum absolute atomic E-state index is 0.0125. The summed E-state index contributed by atoms with van der Waals surface area (Å²) in [4.78, 5) is 23.0. The fourth-order valence-corrected chi connectivity index (χ4v) is 4.33. The molecule has 1 saturated carbocycles. The zero-order valence-electron chi connectivity index (χ0n) is 16.4. The summed E-state index contributed by atoms with van der Waals surface area (Å²) in [6.45, 7) is 3.93. The van der Waals surface area contributed by atoms with Crippen LogP contribution in [0.4, 0.5) is 4.79 Å². The van der Waals surface area contributed by atoms with E-state index >= 15 is 0 Å². The Hall–Kier alpha value is -2.70. The minimum Gasteiger partial charge on any atom is -0.507 e. The number of hydrogen-bond acceptors (Lipinski definition) is 6. The Bertz CT molecular complexity index is 825. The Kier molecular flexibility index (Phi) is 5.82. The number of phenols is 1. The van der Waals surface area contributed by atoms with E-state index in [2.05, 4.69) is 0 Å². The van der Waals surface area contributed by atoms with Crippen molar-refractivity contribution in [2.75, 3.05) is 7.11 Å². The number of hydrogen-bond donors (Lipinski definition) is 2. The normalized spacial score (nSPS) is 21.8. The average molecular weight is 390 g/mol. The van der Waals surface area contributed by atoms with Crippen LogP contribution in [0.2, 0.25) is 0 Å². The highest BCUT2D eigenvalue weighted by Gasteiger charge is 2.33. The Labute approximate surface area is 163 Å². The summed E-state index contributed by atoms with van der Waals surface area (Å²) in [7, 11) is 1.53. The van der Waals surface area contributed by atoms with Crippen molar-refractivity contribution < 1.29 is 34.0 Å². The number of phenolic OH excluding ortho intramolecular Hbond substituents is 1. The number of esters is 1. The van der Waals surface area contributed by atoms with E-state index in [-0.39, 0.29) is 29.9 Å². The van der Waals surface area contributed by atoms with Gasteiger partial charge in [0.15, 0.2) is 0 Å². The first-order valence-electron chi connectivity index (χ1n) is 9.49. The zero-order valence-corrected chi connectivity index (χ0v) is 16.4. The molecule has 1 fully saturated rings. The summed E-state index contributed by atoms with van der Waals surface area (Å²) < 4.78 is 15.7. The van der Waals surface area contributed by atoms with Gasteiger partial charge in [0.25, 0.3) is 0 Å². The standard InChI is InChI=1S/C21H26O7/c1-11(13-6-4-5-7-16(13)28-21(24)25)8-9-14-18(22)17-15(10-27-20(17)23)12(2)19(14)26-3/h8,13,16,22H,4-7,9-10H2,1-3H3,(H,24,25)/b11-8+. The maximum Gasteiger partial charge on any atom is 0.506 e. The number of carbonyl (C=O) groups is 2. The van der Waals surface area contributed by atoms with Crippen molar-refractivity contribution in [1.82, 2.24) is 0 Å². The van der Waals surface area contributed by atoms with Gasteiger partial charge in [-0.15, -0.1) is 0 Å². The van der Waals surface area contributed by atoms with Crippen LogP contribution >= 0.6 is 0 Å². The summed E-state index contributed by atoms with van der Waals surface area (Å²) >= 11 is 0. The van der Waals surface area contributed by atoms with Crippen LogP contribution in [-0.4, -0.2) is 35.6 Å². The Balaban J connectivity index is 1.91. The summed E-state index contributed by atoms with van der Waals surface area (Å²) in [5.41, 5.74) is 3.19. The van der Waals surface area contributed by atoms with Crippen LogP contribution in [-0.2, 0) is 22.5 Å². The van der Waals surface area contributed by atoms with Crippen molar-refractivity contribution in [3.05, 3.63) is 33.9 Å². The lowest BCUT2D eigenvalue weighted by Gasteiger charge is -2.31. The van der Waals surface area contributed by atoms with Crippen LogP contribution in [0.3, 0.4) is 0 Å². The maximum absolute atomic E-state index is 12.0. The van der Waals surface area contributed by atoms with E-state index < -0.39 is 12.1 Å². The van der Waals surface area contributed by atoms with Gasteiger partial charge in [-0.25, -0.2) is 9.59 Å². The van der Waals surface area contributed by atoms with Gasteiger partial charge < -0.3 is 24.4 Å². The van der Waals surface area contributed by atoms with Crippen LogP contribution in [0.15, 0.2) is 11.6 Å². The molecule has 0 radical (unpaired) electrons. The van der Waals surface area contributed by atoms with Gasteiger partial charge >= 0.3 is 12.1 Å². The molecular formula is C21H26O7. The Morgan fingerprint density at radius 3 is 2.71 bits per heavy atom. The van der Waals surface area contributed by atoms with Gasteiger partial charge in [0.05, 0.1) is 7.11 Å². The molecule has 2 unspecified atom stereocenters. The molecule has 3 rings (SSSR count). The topological polar surface area (TPSA) is 102 Å². The van der Waals surface area contributed by atoms with Gasteiger partial charge in [0.2, 0.25) is 0 Å².